The summed E-state index contributed by atoms with van der Waals surface area (Å²) in [7, 11) is 0. The number of nitrogens with one attached hydrogen (secondary N) is 2. The van der Waals surface area contributed by atoms with Gasteiger partial charge in [-0.15, -0.1) is 0 Å². The summed E-state index contributed by atoms with van der Waals surface area (Å²) >= 11 is 2.73. The molecule has 2 heterocycles. The van der Waals surface area contributed by atoms with Crippen LogP contribution in [0.5, 0.6) is 0 Å². The number of likely N-dealkylation sites (tertiary alicyclic amines) is 1. The highest BCUT2D eigenvalue weighted by Crippen LogP contribution is 2.34. The normalized spacial score (nSPS) is 17.7. The number of hydrogen-bond donors (Lipinski definition) is 2. The molecule has 2 saturated heterocycles. The van der Waals surface area contributed by atoms with Gasteiger partial charge in [0.05, 0.1) is 10.5 Å². The molecule has 5 aromatic carbocycles. The van der Waals surface area contributed by atoms with Crippen LogP contribution in [0.2, 0.25) is 0 Å². The average Bonchev–Trinajstić information content (AvgIpc) is 3.75. The van der Waals surface area contributed by atoms with Gasteiger partial charge in [-0.05, 0) is 82.4 Å². The fraction of sp³-hybridized carbons (Fsp3) is 0.163. The lowest BCUT2D eigenvalue weighted by Gasteiger charge is -2.26. The largest absolute Gasteiger partial charge is 0.333 e. The Morgan fingerprint density at radius 2 is 1.55 bits per heavy atom. The zero-order valence-corrected chi connectivity index (χ0v) is 30.3. The first-order valence-electron chi connectivity index (χ1n) is 17.3. The summed E-state index contributed by atoms with van der Waals surface area (Å²) in [5, 5.41) is 5.61. The van der Waals surface area contributed by atoms with E-state index in [0.717, 1.165) is 35.1 Å². The molecule has 2 atom stereocenters. The molecule has 0 saturated carbocycles. The molecule has 0 aliphatic carbocycles. The van der Waals surface area contributed by atoms with E-state index in [1.54, 1.807) is 30.3 Å². The second-order valence-corrected chi connectivity index (χ2v) is 15.2. The van der Waals surface area contributed by atoms with E-state index < -0.39 is 5.82 Å². The van der Waals surface area contributed by atoms with Crippen molar-refractivity contribution >= 4 is 52.4 Å². The van der Waals surface area contributed by atoms with E-state index in [0.29, 0.717) is 35.7 Å². The molecular weight excluding hydrogens is 706 g/mol. The molecule has 0 aromatic heterocycles. The Kier molecular flexibility index (Phi) is 11.3. The van der Waals surface area contributed by atoms with Crippen molar-refractivity contribution in [2.75, 3.05) is 13.1 Å². The number of rotatable bonds is 12. The predicted octanol–water partition coefficient (Wildman–Crippen LogP) is 8.35. The standard InChI is InChI=1S/C43H36FN3O4S2/c44-33-20-18-31(19-21-33)40(48)37-12-6-7-13-38(37)42(50)47-26-35(52-27-32-10-4-5-11-36(32)30-8-2-1-3-9-30)23-34(47)25-45-24-29-16-14-28(15-17-29)22-39-41(49)46-43(51)53-39/h1-22,34-35,45H,23-27H2,(H,46,49,51)/t34-,35-/m0/s1. The van der Waals surface area contributed by atoms with Crippen molar-refractivity contribution in [3.8, 4) is 11.1 Å². The quantitative estimate of drug-likeness (QED) is 0.0981. The minimum Gasteiger partial charge on any atom is -0.333 e. The first-order valence-corrected chi connectivity index (χ1v) is 19.2. The van der Waals surface area contributed by atoms with Gasteiger partial charge in [0.15, 0.2) is 5.78 Å². The second-order valence-electron chi connectivity index (χ2n) is 12.9. The summed E-state index contributed by atoms with van der Waals surface area (Å²) in [6.07, 6.45) is 2.47. The fourth-order valence-corrected chi connectivity index (χ4v) is 8.63. The molecule has 0 radical (unpaired) electrons. The lowest BCUT2D eigenvalue weighted by Crippen LogP contribution is -2.42. The predicted molar refractivity (Wildman–Crippen MR) is 210 cm³/mol. The van der Waals surface area contributed by atoms with Crippen LogP contribution in [0.15, 0.2) is 132 Å². The number of hydrogen-bond acceptors (Lipinski definition) is 7. The second kappa shape index (κ2) is 16.6. The first kappa shape index (κ1) is 36.1. The van der Waals surface area contributed by atoms with Crippen molar-refractivity contribution in [3.05, 3.63) is 171 Å². The smallest absolute Gasteiger partial charge is 0.290 e. The highest BCUT2D eigenvalue weighted by atomic mass is 32.2. The molecule has 3 amide bonds. The molecular formula is C43H36FN3O4S2. The Morgan fingerprint density at radius 1 is 0.849 bits per heavy atom. The summed E-state index contributed by atoms with van der Waals surface area (Å²) in [5.74, 6) is -0.574. The SMILES string of the molecule is O=C1NC(=O)C(=Cc2ccc(CNC[C@@H]3C[C@H](SCc4ccccc4-c4ccccc4)CN3C(=O)c3ccccc3C(=O)c3ccc(F)cc3)cc2)S1. The van der Waals surface area contributed by atoms with Crippen LogP contribution in [-0.2, 0) is 17.1 Å². The topological polar surface area (TPSA) is 95.6 Å². The van der Waals surface area contributed by atoms with Gasteiger partial charge in [0, 0.05) is 47.8 Å². The Balaban J connectivity index is 1.07. The summed E-state index contributed by atoms with van der Waals surface area (Å²) in [5.41, 5.74) is 6.37. The van der Waals surface area contributed by atoms with Gasteiger partial charge >= 0.3 is 0 Å². The lowest BCUT2D eigenvalue weighted by molar-refractivity contribution is -0.115. The van der Waals surface area contributed by atoms with E-state index in [1.807, 2.05) is 59.1 Å². The third-order valence-electron chi connectivity index (χ3n) is 9.35. The molecule has 266 valence electrons. The molecule has 0 spiro atoms. The molecule has 2 N–H and O–H groups in total. The van der Waals surface area contributed by atoms with Crippen molar-refractivity contribution in [2.45, 2.75) is 30.0 Å². The minimum absolute atomic E-state index is 0.127. The number of nitrogens with zero attached hydrogens (tertiary/aromatic N) is 1. The molecule has 2 aliphatic rings. The van der Waals surface area contributed by atoms with Crippen molar-refractivity contribution < 1.29 is 23.6 Å². The molecule has 53 heavy (non-hydrogen) atoms. The third kappa shape index (κ3) is 8.68. The zero-order valence-electron chi connectivity index (χ0n) is 28.7. The molecule has 7 nitrogen and oxygen atoms in total. The number of imide groups is 1. The van der Waals surface area contributed by atoms with Crippen LogP contribution in [-0.4, -0.2) is 52.1 Å². The van der Waals surface area contributed by atoms with Crippen LogP contribution < -0.4 is 10.6 Å². The number of thioether (sulfide) groups is 2. The number of halogens is 1. The summed E-state index contributed by atoms with van der Waals surface area (Å²) in [6.45, 7) is 1.63. The Hall–Kier alpha value is -5.29. The van der Waals surface area contributed by atoms with Gasteiger partial charge in [0.1, 0.15) is 5.82 Å². The van der Waals surface area contributed by atoms with Crippen LogP contribution in [0.3, 0.4) is 0 Å². The molecule has 7 rings (SSSR count). The van der Waals surface area contributed by atoms with Crippen LogP contribution >= 0.6 is 23.5 Å². The highest BCUT2D eigenvalue weighted by molar-refractivity contribution is 8.18. The molecule has 5 aromatic rings. The minimum atomic E-state index is -0.434. The van der Waals surface area contributed by atoms with Gasteiger partial charge in [0.25, 0.3) is 17.1 Å². The highest BCUT2D eigenvalue weighted by Gasteiger charge is 2.37. The number of benzene rings is 5. The van der Waals surface area contributed by atoms with Gasteiger partial charge in [-0.1, -0.05) is 97.1 Å². The van der Waals surface area contributed by atoms with Gasteiger partial charge in [-0.3, -0.25) is 24.5 Å². The number of amides is 3. The molecule has 10 heteroatoms. The van der Waals surface area contributed by atoms with Crippen molar-refractivity contribution in [3.63, 3.8) is 0 Å². The van der Waals surface area contributed by atoms with E-state index in [9.17, 15) is 23.6 Å². The molecule has 0 bridgehead atoms. The Labute approximate surface area is 316 Å². The van der Waals surface area contributed by atoms with E-state index in [4.69, 9.17) is 0 Å². The van der Waals surface area contributed by atoms with E-state index in [1.165, 1.54) is 41.0 Å². The maximum absolute atomic E-state index is 14.4. The van der Waals surface area contributed by atoms with Gasteiger partial charge in [-0.2, -0.15) is 11.8 Å². The van der Waals surface area contributed by atoms with Gasteiger partial charge in [-0.25, -0.2) is 4.39 Å². The van der Waals surface area contributed by atoms with Crippen molar-refractivity contribution in [1.29, 1.82) is 0 Å². The van der Waals surface area contributed by atoms with Crippen LogP contribution in [0.1, 0.15) is 49.4 Å². The summed E-state index contributed by atoms with van der Waals surface area (Å²) in [4.78, 5) is 53.7. The van der Waals surface area contributed by atoms with Gasteiger partial charge in [0.2, 0.25) is 0 Å². The van der Waals surface area contributed by atoms with E-state index in [2.05, 4.69) is 47.0 Å². The lowest BCUT2D eigenvalue weighted by atomic mass is 9.97. The van der Waals surface area contributed by atoms with E-state index >= 15 is 0 Å². The maximum atomic E-state index is 14.4. The summed E-state index contributed by atoms with van der Waals surface area (Å²) in [6, 6.07) is 38.6. The average molecular weight is 742 g/mol. The number of ketones is 1. The Bertz CT molecular complexity index is 2170. The zero-order chi connectivity index (χ0) is 36.7. The van der Waals surface area contributed by atoms with Crippen LogP contribution in [0, 0.1) is 5.82 Å². The molecule has 2 aliphatic heterocycles. The van der Waals surface area contributed by atoms with Crippen molar-refractivity contribution in [2.24, 2.45) is 0 Å². The van der Waals surface area contributed by atoms with Crippen LogP contribution in [0.25, 0.3) is 17.2 Å². The first-order chi connectivity index (χ1) is 25.8. The van der Waals surface area contributed by atoms with Gasteiger partial charge < -0.3 is 10.2 Å². The molecule has 2 fully saturated rings. The van der Waals surface area contributed by atoms with Crippen LogP contribution in [0.4, 0.5) is 9.18 Å². The molecule has 0 unspecified atom stereocenters. The maximum Gasteiger partial charge on any atom is 0.290 e. The fourth-order valence-electron chi connectivity index (χ4n) is 6.66. The summed E-state index contributed by atoms with van der Waals surface area (Å²) < 4.78 is 13.6. The number of carbonyl (C=O) groups is 4. The monoisotopic (exact) mass is 741 g/mol. The van der Waals surface area contributed by atoms with Crippen molar-refractivity contribution in [1.82, 2.24) is 15.5 Å². The number of carbonyl (C=O) groups excluding carboxylic acids is 4. The third-order valence-corrected chi connectivity index (χ3v) is 11.5. The Morgan fingerprint density at radius 3 is 2.28 bits per heavy atom. The van der Waals surface area contributed by atoms with E-state index in [-0.39, 0.29) is 39.7 Å².